The van der Waals surface area contributed by atoms with Crippen LogP contribution in [0.5, 0.6) is 0 Å². The monoisotopic (exact) mass is 557 g/mol. The van der Waals surface area contributed by atoms with Gasteiger partial charge in [-0.2, -0.15) is 8.78 Å². The SMILES string of the molecule is CC[C@H](C)[C@H](NC(=O)[C@@H](NC(=O)C(F)(F)[C@H](O)[C@@H](NC(=O)OC(C)(C)C)c1ccccc1)C(C)C)C(=O)OC. The number of amides is 3. The molecule has 39 heavy (non-hydrogen) atoms. The maximum Gasteiger partial charge on any atom is 0.408 e. The maximum atomic E-state index is 15.4. The molecule has 0 radical (unpaired) electrons. The lowest BCUT2D eigenvalue weighted by molar-refractivity contribution is -0.169. The number of aliphatic hydroxyl groups excluding tert-OH is 1. The van der Waals surface area contributed by atoms with Crippen molar-refractivity contribution in [3.63, 3.8) is 0 Å². The Balaban J connectivity index is 3.22. The van der Waals surface area contributed by atoms with Crippen LogP contribution >= 0.6 is 0 Å². The molecule has 0 aliphatic carbocycles. The molecule has 0 aromatic heterocycles. The average molecular weight is 558 g/mol. The Morgan fingerprint density at radius 1 is 0.949 bits per heavy atom. The number of alkyl halides is 2. The number of halogens is 2. The number of aliphatic hydroxyl groups is 1. The summed E-state index contributed by atoms with van der Waals surface area (Å²) in [7, 11) is 1.15. The first-order valence-corrected chi connectivity index (χ1v) is 12.8. The summed E-state index contributed by atoms with van der Waals surface area (Å²) in [4.78, 5) is 50.3. The first-order chi connectivity index (χ1) is 18.0. The molecule has 0 aliphatic heterocycles. The van der Waals surface area contributed by atoms with Crippen molar-refractivity contribution in [1.82, 2.24) is 16.0 Å². The fourth-order valence-corrected chi connectivity index (χ4v) is 3.59. The lowest BCUT2D eigenvalue weighted by Gasteiger charge is -2.32. The number of rotatable bonds is 12. The van der Waals surface area contributed by atoms with Crippen molar-refractivity contribution in [3.05, 3.63) is 35.9 Å². The van der Waals surface area contributed by atoms with Crippen LogP contribution in [0.2, 0.25) is 0 Å². The molecule has 5 atom stereocenters. The van der Waals surface area contributed by atoms with Gasteiger partial charge in [0.1, 0.15) is 17.7 Å². The normalized spacial score (nSPS) is 15.8. The quantitative estimate of drug-likeness (QED) is 0.289. The summed E-state index contributed by atoms with van der Waals surface area (Å²) >= 11 is 0. The number of esters is 1. The Morgan fingerprint density at radius 3 is 1.97 bits per heavy atom. The van der Waals surface area contributed by atoms with E-state index in [4.69, 9.17) is 9.47 Å². The van der Waals surface area contributed by atoms with E-state index in [9.17, 15) is 24.3 Å². The molecule has 0 fully saturated rings. The van der Waals surface area contributed by atoms with Crippen LogP contribution in [0.4, 0.5) is 13.6 Å². The van der Waals surface area contributed by atoms with Crippen LogP contribution in [0.25, 0.3) is 0 Å². The fraction of sp³-hybridized carbons (Fsp3) is 0.630. The number of hydrogen-bond donors (Lipinski definition) is 4. The summed E-state index contributed by atoms with van der Waals surface area (Å²) in [5, 5.41) is 17.4. The Morgan fingerprint density at radius 2 is 1.51 bits per heavy atom. The third-order valence-electron chi connectivity index (χ3n) is 6.02. The van der Waals surface area contributed by atoms with Gasteiger partial charge in [0.05, 0.1) is 13.2 Å². The summed E-state index contributed by atoms with van der Waals surface area (Å²) in [5.41, 5.74) is -0.860. The summed E-state index contributed by atoms with van der Waals surface area (Å²) in [5.74, 6) is -8.98. The minimum atomic E-state index is -4.46. The van der Waals surface area contributed by atoms with E-state index >= 15 is 8.78 Å². The molecule has 10 nitrogen and oxygen atoms in total. The van der Waals surface area contributed by atoms with Gasteiger partial charge in [-0.25, -0.2) is 9.59 Å². The topological polar surface area (TPSA) is 143 Å². The number of nitrogens with one attached hydrogen (secondary N) is 3. The van der Waals surface area contributed by atoms with Crippen LogP contribution < -0.4 is 16.0 Å². The highest BCUT2D eigenvalue weighted by molar-refractivity contribution is 5.93. The van der Waals surface area contributed by atoms with E-state index in [-0.39, 0.29) is 11.5 Å². The molecule has 1 rings (SSSR count). The number of methoxy groups -OCH3 is 1. The van der Waals surface area contributed by atoms with Gasteiger partial charge >= 0.3 is 18.0 Å². The Labute approximate surface area is 228 Å². The zero-order chi connectivity index (χ0) is 30.1. The van der Waals surface area contributed by atoms with Crippen LogP contribution in [-0.4, -0.2) is 65.8 Å². The van der Waals surface area contributed by atoms with Crippen LogP contribution in [0.3, 0.4) is 0 Å². The Kier molecular flexibility index (Phi) is 12.3. The second-order valence-corrected chi connectivity index (χ2v) is 10.7. The molecule has 220 valence electrons. The molecule has 0 saturated heterocycles. The number of carbonyl (C=O) groups excluding carboxylic acids is 4. The standard InChI is InChI=1S/C27H41F2N3O7/c1-9-16(4)19(23(35)38-8)30-22(34)18(15(2)3)31-24(36)27(28,29)21(33)20(17-13-11-10-12-14-17)32-25(37)39-26(5,6)7/h10-16,18-21,33H,9H2,1-8H3,(H,30,34)(H,31,36)(H,32,37)/t16-,18-,19-,20-,21+/m0/s1. The van der Waals surface area contributed by atoms with Crippen LogP contribution in [0, 0.1) is 11.8 Å². The molecule has 0 unspecified atom stereocenters. The van der Waals surface area contributed by atoms with Gasteiger partial charge in [-0.05, 0) is 38.2 Å². The van der Waals surface area contributed by atoms with Crippen molar-refractivity contribution in [2.45, 2.75) is 90.6 Å². The zero-order valence-electron chi connectivity index (χ0n) is 23.7. The highest BCUT2D eigenvalue weighted by Gasteiger charge is 2.52. The van der Waals surface area contributed by atoms with Gasteiger partial charge in [-0.3, -0.25) is 9.59 Å². The van der Waals surface area contributed by atoms with Crippen molar-refractivity contribution in [2.24, 2.45) is 11.8 Å². The smallest absolute Gasteiger partial charge is 0.408 e. The molecule has 0 saturated carbocycles. The van der Waals surface area contributed by atoms with E-state index in [1.54, 1.807) is 40.7 Å². The molecule has 1 aromatic carbocycles. The van der Waals surface area contributed by atoms with Gasteiger partial charge in [-0.1, -0.05) is 64.4 Å². The van der Waals surface area contributed by atoms with E-state index in [1.807, 2.05) is 5.32 Å². The largest absolute Gasteiger partial charge is 0.467 e. The van der Waals surface area contributed by atoms with Crippen molar-refractivity contribution in [1.29, 1.82) is 0 Å². The summed E-state index contributed by atoms with van der Waals surface area (Å²) in [6, 6.07) is 3.16. The van der Waals surface area contributed by atoms with Gasteiger partial charge < -0.3 is 30.5 Å². The molecule has 0 spiro atoms. The molecule has 0 bridgehead atoms. The van der Waals surface area contributed by atoms with Crippen LogP contribution in [0.15, 0.2) is 30.3 Å². The van der Waals surface area contributed by atoms with Gasteiger partial charge in [0.15, 0.2) is 6.10 Å². The lowest BCUT2D eigenvalue weighted by Crippen LogP contribution is -2.60. The number of hydrogen-bond acceptors (Lipinski definition) is 7. The van der Waals surface area contributed by atoms with E-state index in [0.29, 0.717) is 6.42 Å². The molecule has 4 N–H and O–H groups in total. The molecule has 0 aliphatic rings. The van der Waals surface area contributed by atoms with Gasteiger partial charge in [0, 0.05) is 0 Å². The maximum absolute atomic E-state index is 15.4. The Bertz CT molecular complexity index is 983. The number of carbonyl (C=O) groups is 4. The predicted octanol–water partition coefficient (Wildman–Crippen LogP) is 3.09. The highest BCUT2D eigenvalue weighted by atomic mass is 19.3. The first kappa shape index (κ1) is 33.7. The summed E-state index contributed by atoms with van der Waals surface area (Å²) < 4.78 is 40.7. The summed E-state index contributed by atoms with van der Waals surface area (Å²) in [6.07, 6.45) is -3.30. The van der Waals surface area contributed by atoms with Gasteiger partial charge in [0.2, 0.25) is 5.91 Å². The average Bonchev–Trinajstić information content (AvgIpc) is 2.86. The molecule has 12 heteroatoms. The number of ether oxygens (including phenoxy) is 2. The van der Waals surface area contributed by atoms with Gasteiger partial charge in [-0.15, -0.1) is 0 Å². The fourth-order valence-electron chi connectivity index (χ4n) is 3.59. The second kappa shape index (κ2) is 14.2. The molecule has 1 aromatic rings. The first-order valence-electron chi connectivity index (χ1n) is 12.8. The molecule has 0 heterocycles. The Hall–Kier alpha value is -3.28. The van der Waals surface area contributed by atoms with E-state index in [2.05, 4.69) is 10.6 Å². The summed E-state index contributed by atoms with van der Waals surface area (Å²) in [6.45, 7) is 11.3. The second-order valence-electron chi connectivity index (χ2n) is 10.7. The highest BCUT2D eigenvalue weighted by Crippen LogP contribution is 2.30. The van der Waals surface area contributed by atoms with Crippen molar-refractivity contribution in [2.75, 3.05) is 7.11 Å². The van der Waals surface area contributed by atoms with E-state index < -0.39 is 65.5 Å². The predicted molar refractivity (Wildman–Crippen MR) is 140 cm³/mol. The number of alkyl carbamates (subject to hydrolysis) is 1. The van der Waals surface area contributed by atoms with Crippen LogP contribution in [-0.2, 0) is 23.9 Å². The van der Waals surface area contributed by atoms with Crippen LogP contribution in [0.1, 0.15) is 66.5 Å². The molecular formula is C27H41F2N3O7. The third-order valence-corrected chi connectivity index (χ3v) is 6.02. The van der Waals surface area contributed by atoms with Gasteiger partial charge in [0.25, 0.3) is 5.91 Å². The van der Waals surface area contributed by atoms with Crippen molar-refractivity contribution >= 4 is 23.9 Å². The number of benzene rings is 1. The van der Waals surface area contributed by atoms with E-state index in [1.165, 1.54) is 38.1 Å². The minimum Gasteiger partial charge on any atom is -0.467 e. The van der Waals surface area contributed by atoms with Crippen molar-refractivity contribution in [3.8, 4) is 0 Å². The lowest BCUT2D eigenvalue weighted by atomic mass is 9.95. The van der Waals surface area contributed by atoms with E-state index in [0.717, 1.165) is 7.11 Å². The minimum absolute atomic E-state index is 0.0935. The zero-order valence-corrected chi connectivity index (χ0v) is 23.7. The molecule has 3 amide bonds. The van der Waals surface area contributed by atoms with Crippen molar-refractivity contribution < 1.29 is 42.5 Å². The molecular weight excluding hydrogens is 516 g/mol. The third kappa shape index (κ3) is 9.76.